The Bertz CT molecular complexity index is 696. The molecule has 0 spiro atoms. The molecular weight excluding hydrogens is 305 g/mol. The molecular formula is C12H18FNO4S2. The highest BCUT2D eigenvalue weighted by atomic mass is 32.2. The van der Waals surface area contributed by atoms with Crippen LogP contribution in [0.4, 0.5) is 4.39 Å². The first-order chi connectivity index (χ1) is 9.01. The Morgan fingerprint density at radius 1 is 1.20 bits per heavy atom. The van der Waals surface area contributed by atoms with E-state index in [4.69, 9.17) is 0 Å². The third kappa shape index (κ3) is 3.36. The Kier molecular flexibility index (Phi) is 4.94. The minimum atomic E-state index is -4.07. The van der Waals surface area contributed by atoms with Crippen LogP contribution in [0.25, 0.3) is 0 Å². The SMILES string of the molecule is CCN(C(C)C)S(=O)(=O)c1cc(S(C)(=O)=O)ccc1F. The van der Waals surface area contributed by atoms with Crippen LogP contribution in [0, 0.1) is 5.82 Å². The highest BCUT2D eigenvalue weighted by molar-refractivity contribution is 7.91. The molecule has 0 fully saturated rings. The van der Waals surface area contributed by atoms with Crippen molar-refractivity contribution < 1.29 is 21.2 Å². The molecule has 0 aromatic heterocycles. The van der Waals surface area contributed by atoms with Crippen LogP contribution in [0.3, 0.4) is 0 Å². The first-order valence-electron chi connectivity index (χ1n) is 6.03. The van der Waals surface area contributed by atoms with Gasteiger partial charge in [-0.3, -0.25) is 0 Å². The molecule has 0 aliphatic rings. The Labute approximate surface area is 119 Å². The molecule has 0 aliphatic carbocycles. The summed E-state index contributed by atoms with van der Waals surface area (Å²) < 4.78 is 62.6. The second-order valence-electron chi connectivity index (χ2n) is 4.67. The molecule has 8 heteroatoms. The molecule has 0 amide bonds. The number of hydrogen-bond acceptors (Lipinski definition) is 4. The Morgan fingerprint density at radius 3 is 2.15 bits per heavy atom. The monoisotopic (exact) mass is 323 g/mol. The molecule has 1 aromatic carbocycles. The first-order valence-corrected chi connectivity index (χ1v) is 9.36. The van der Waals surface area contributed by atoms with Crippen LogP contribution in [0.5, 0.6) is 0 Å². The summed E-state index contributed by atoms with van der Waals surface area (Å²) >= 11 is 0. The van der Waals surface area contributed by atoms with Crippen LogP contribution in [-0.2, 0) is 19.9 Å². The zero-order valence-corrected chi connectivity index (χ0v) is 13.4. The first kappa shape index (κ1) is 17.1. The lowest BCUT2D eigenvalue weighted by atomic mass is 10.3. The third-order valence-electron chi connectivity index (χ3n) is 2.81. The smallest absolute Gasteiger partial charge is 0.224 e. The summed E-state index contributed by atoms with van der Waals surface area (Å²) in [7, 11) is -7.67. The molecule has 20 heavy (non-hydrogen) atoms. The van der Waals surface area contributed by atoms with Gasteiger partial charge in [0.1, 0.15) is 10.7 Å². The van der Waals surface area contributed by atoms with E-state index in [1.54, 1.807) is 20.8 Å². The zero-order valence-electron chi connectivity index (χ0n) is 11.8. The van der Waals surface area contributed by atoms with E-state index in [-0.39, 0.29) is 17.5 Å². The molecule has 0 bridgehead atoms. The quantitative estimate of drug-likeness (QED) is 0.773. The number of hydrogen-bond donors (Lipinski definition) is 0. The summed E-state index contributed by atoms with van der Waals surface area (Å²) in [5, 5.41) is 0. The molecule has 0 atom stereocenters. The van der Waals surface area contributed by atoms with Crippen LogP contribution < -0.4 is 0 Å². The van der Waals surface area contributed by atoms with E-state index in [9.17, 15) is 21.2 Å². The van der Waals surface area contributed by atoms with Crippen molar-refractivity contribution in [3.8, 4) is 0 Å². The van der Waals surface area contributed by atoms with Gasteiger partial charge in [0.2, 0.25) is 10.0 Å². The summed E-state index contributed by atoms with van der Waals surface area (Å²) in [6, 6.07) is 2.42. The third-order valence-corrected chi connectivity index (χ3v) is 6.08. The number of halogens is 1. The van der Waals surface area contributed by atoms with E-state index < -0.39 is 30.6 Å². The van der Waals surface area contributed by atoms with Gasteiger partial charge in [-0.15, -0.1) is 0 Å². The minimum Gasteiger partial charge on any atom is -0.224 e. The Balaban J connectivity index is 3.53. The van der Waals surface area contributed by atoms with Crippen LogP contribution in [0.15, 0.2) is 28.0 Å². The number of sulfonamides is 1. The topological polar surface area (TPSA) is 71.5 Å². The van der Waals surface area contributed by atoms with Gasteiger partial charge in [-0.1, -0.05) is 6.92 Å². The van der Waals surface area contributed by atoms with Crippen molar-refractivity contribution in [2.24, 2.45) is 0 Å². The van der Waals surface area contributed by atoms with E-state index in [2.05, 4.69) is 0 Å². The Morgan fingerprint density at radius 2 is 1.75 bits per heavy atom. The molecule has 0 unspecified atom stereocenters. The lowest BCUT2D eigenvalue weighted by Crippen LogP contribution is -2.37. The second kappa shape index (κ2) is 5.79. The minimum absolute atomic E-state index is 0.169. The van der Waals surface area contributed by atoms with E-state index in [1.165, 1.54) is 0 Å². The molecule has 114 valence electrons. The van der Waals surface area contributed by atoms with Crippen LogP contribution >= 0.6 is 0 Å². The Hall–Kier alpha value is -0.990. The molecule has 0 heterocycles. The molecule has 0 radical (unpaired) electrons. The van der Waals surface area contributed by atoms with E-state index >= 15 is 0 Å². The van der Waals surface area contributed by atoms with E-state index in [0.29, 0.717) is 0 Å². The van der Waals surface area contributed by atoms with Gasteiger partial charge in [0.15, 0.2) is 9.84 Å². The number of benzene rings is 1. The molecule has 0 aliphatic heterocycles. The van der Waals surface area contributed by atoms with Gasteiger partial charge in [0.25, 0.3) is 0 Å². The standard InChI is InChI=1S/C12H18FNO4S2/c1-5-14(9(2)3)20(17,18)12-8-10(19(4,15)16)6-7-11(12)13/h6-9H,5H2,1-4H3. The van der Waals surface area contributed by atoms with Gasteiger partial charge in [0, 0.05) is 18.8 Å². The number of rotatable bonds is 5. The summed E-state index contributed by atoms with van der Waals surface area (Å²) in [6.45, 7) is 5.14. The van der Waals surface area contributed by atoms with E-state index in [1.807, 2.05) is 0 Å². The average Bonchev–Trinajstić information content (AvgIpc) is 2.27. The highest BCUT2D eigenvalue weighted by Gasteiger charge is 2.29. The predicted octanol–water partition coefficient (Wildman–Crippen LogP) is 1.65. The maximum absolute atomic E-state index is 13.8. The molecule has 0 saturated heterocycles. The average molecular weight is 323 g/mol. The van der Waals surface area contributed by atoms with Gasteiger partial charge in [-0.2, -0.15) is 4.31 Å². The van der Waals surface area contributed by atoms with Gasteiger partial charge >= 0.3 is 0 Å². The largest absolute Gasteiger partial charge is 0.246 e. The van der Waals surface area contributed by atoms with Gasteiger partial charge in [0.05, 0.1) is 4.90 Å². The lowest BCUT2D eigenvalue weighted by Gasteiger charge is -2.24. The molecule has 0 saturated carbocycles. The lowest BCUT2D eigenvalue weighted by molar-refractivity contribution is 0.366. The molecule has 1 rings (SSSR count). The number of nitrogens with zero attached hydrogens (tertiary/aromatic N) is 1. The van der Waals surface area contributed by atoms with Crippen molar-refractivity contribution in [2.75, 3.05) is 12.8 Å². The summed E-state index contributed by atoms with van der Waals surface area (Å²) in [5.41, 5.74) is 0. The second-order valence-corrected chi connectivity index (χ2v) is 8.54. The van der Waals surface area contributed by atoms with Crippen LogP contribution in [0.2, 0.25) is 0 Å². The van der Waals surface area contributed by atoms with Crippen molar-refractivity contribution in [2.45, 2.75) is 36.6 Å². The van der Waals surface area contributed by atoms with Gasteiger partial charge in [-0.25, -0.2) is 21.2 Å². The van der Waals surface area contributed by atoms with Gasteiger partial charge in [-0.05, 0) is 32.0 Å². The van der Waals surface area contributed by atoms with Crippen molar-refractivity contribution >= 4 is 19.9 Å². The van der Waals surface area contributed by atoms with Crippen molar-refractivity contribution in [1.29, 1.82) is 0 Å². The van der Waals surface area contributed by atoms with Crippen LogP contribution in [-0.4, -0.2) is 40.0 Å². The predicted molar refractivity (Wildman–Crippen MR) is 74.2 cm³/mol. The fourth-order valence-electron chi connectivity index (χ4n) is 1.85. The van der Waals surface area contributed by atoms with Crippen molar-refractivity contribution in [3.05, 3.63) is 24.0 Å². The van der Waals surface area contributed by atoms with Crippen molar-refractivity contribution in [1.82, 2.24) is 4.31 Å². The normalized spacial score (nSPS) is 13.2. The molecule has 5 nitrogen and oxygen atoms in total. The zero-order chi connectivity index (χ0) is 15.7. The maximum Gasteiger partial charge on any atom is 0.246 e. The summed E-state index contributed by atoms with van der Waals surface area (Å²) in [4.78, 5) is -0.840. The molecule has 0 N–H and O–H groups in total. The maximum atomic E-state index is 13.8. The summed E-state index contributed by atoms with van der Waals surface area (Å²) in [6.07, 6.45) is 0.941. The molecule has 1 aromatic rings. The fraction of sp³-hybridized carbons (Fsp3) is 0.500. The van der Waals surface area contributed by atoms with Gasteiger partial charge < -0.3 is 0 Å². The fourth-order valence-corrected chi connectivity index (χ4v) is 4.31. The number of sulfone groups is 1. The van der Waals surface area contributed by atoms with E-state index in [0.717, 1.165) is 28.8 Å². The highest BCUT2D eigenvalue weighted by Crippen LogP contribution is 2.24. The summed E-state index contributed by atoms with van der Waals surface area (Å²) in [5.74, 6) is -0.962. The van der Waals surface area contributed by atoms with Crippen molar-refractivity contribution in [3.63, 3.8) is 0 Å². The van der Waals surface area contributed by atoms with Crippen LogP contribution in [0.1, 0.15) is 20.8 Å².